The Labute approximate surface area is 99.3 Å². The summed E-state index contributed by atoms with van der Waals surface area (Å²) in [6, 6.07) is 0.752. The maximum Gasteiger partial charge on any atom is 0.420 e. The van der Waals surface area contributed by atoms with Gasteiger partial charge < -0.3 is 0 Å². The van der Waals surface area contributed by atoms with E-state index in [2.05, 4.69) is 4.18 Å². The van der Waals surface area contributed by atoms with Crippen molar-refractivity contribution >= 4 is 10.1 Å². The van der Waals surface area contributed by atoms with Crippen molar-refractivity contribution in [1.29, 1.82) is 0 Å². The first-order chi connectivity index (χ1) is 8.15. The summed E-state index contributed by atoms with van der Waals surface area (Å²) in [5.41, 5.74) is -0.638. The average molecular weight is 290 g/mol. The van der Waals surface area contributed by atoms with Crippen LogP contribution >= 0.6 is 0 Å². The first-order valence-corrected chi connectivity index (χ1v) is 6.02. The van der Waals surface area contributed by atoms with Gasteiger partial charge in [-0.05, 0) is 17.7 Å². The van der Waals surface area contributed by atoms with Gasteiger partial charge in [0.25, 0.3) is 10.1 Å². The van der Waals surface area contributed by atoms with Crippen LogP contribution in [0, 0.1) is 5.82 Å². The molecule has 0 heterocycles. The van der Waals surface area contributed by atoms with Gasteiger partial charge in [-0.2, -0.15) is 21.6 Å². The second-order valence-electron chi connectivity index (χ2n) is 3.24. The molecule has 0 aliphatic heterocycles. The van der Waals surface area contributed by atoms with Crippen LogP contribution in [0.1, 0.15) is 11.7 Å². The van der Waals surface area contributed by atoms with E-state index in [0.717, 1.165) is 0 Å². The van der Waals surface area contributed by atoms with Crippen molar-refractivity contribution in [3.8, 4) is 0 Å². The first-order valence-electron chi connectivity index (χ1n) is 4.45. The molecule has 1 rings (SSSR count). The monoisotopic (exact) mass is 290 g/mol. The van der Waals surface area contributed by atoms with E-state index in [9.17, 15) is 30.4 Å². The third-order valence-electron chi connectivity index (χ3n) is 1.85. The fourth-order valence-electron chi connectivity index (χ4n) is 1.11. The van der Waals surface area contributed by atoms with Crippen LogP contribution in [-0.2, 0) is 14.3 Å². The molecule has 1 atom stereocenters. The van der Waals surface area contributed by atoms with Crippen LogP contribution in [-0.4, -0.2) is 20.6 Å². The zero-order valence-electron chi connectivity index (χ0n) is 8.62. The van der Waals surface area contributed by atoms with Gasteiger partial charge in [-0.25, -0.2) is 8.78 Å². The number of hydrogen-bond donors (Lipinski definition) is 0. The molecule has 0 aliphatic carbocycles. The molecule has 0 spiro atoms. The van der Waals surface area contributed by atoms with Crippen molar-refractivity contribution in [2.24, 2.45) is 0 Å². The highest BCUT2D eigenvalue weighted by atomic mass is 32.2. The van der Waals surface area contributed by atoms with Crippen molar-refractivity contribution < 1.29 is 34.6 Å². The number of alkyl halides is 4. The summed E-state index contributed by atoms with van der Waals surface area (Å²) in [5, 5.41) is 0. The van der Waals surface area contributed by atoms with Crippen molar-refractivity contribution in [2.45, 2.75) is 12.3 Å². The Morgan fingerprint density at radius 2 is 1.67 bits per heavy atom. The Morgan fingerprint density at radius 1 is 1.17 bits per heavy atom. The minimum Gasteiger partial charge on any atom is -0.250 e. The molecular weight excluding hydrogens is 283 g/mol. The van der Waals surface area contributed by atoms with E-state index >= 15 is 0 Å². The molecule has 0 radical (unpaired) electrons. The van der Waals surface area contributed by atoms with Crippen LogP contribution in [0.5, 0.6) is 0 Å². The Balaban J connectivity index is 3.11. The van der Waals surface area contributed by atoms with Gasteiger partial charge >= 0.3 is 6.18 Å². The second-order valence-corrected chi connectivity index (χ2v) is 4.76. The van der Waals surface area contributed by atoms with Crippen LogP contribution in [0.2, 0.25) is 0 Å². The lowest BCUT2D eigenvalue weighted by molar-refractivity contribution is -0.197. The van der Waals surface area contributed by atoms with Gasteiger partial charge in [0, 0.05) is 0 Å². The zero-order valence-corrected chi connectivity index (χ0v) is 9.43. The predicted octanol–water partition coefficient (Wildman–Crippen LogP) is 2.70. The summed E-state index contributed by atoms with van der Waals surface area (Å²) in [6.45, 7) is 0. The van der Waals surface area contributed by atoms with Crippen LogP contribution in [0.3, 0.4) is 0 Å². The van der Waals surface area contributed by atoms with Crippen LogP contribution in [0.4, 0.5) is 22.0 Å². The third kappa shape index (κ3) is 3.91. The highest BCUT2D eigenvalue weighted by Crippen LogP contribution is 2.37. The molecule has 0 aliphatic rings. The summed E-state index contributed by atoms with van der Waals surface area (Å²) in [4.78, 5) is 0. The molecule has 102 valence electrons. The maximum atomic E-state index is 12.6. The fourth-order valence-corrected chi connectivity index (χ4v) is 1.67. The summed E-state index contributed by atoms with van der Waals surface area (Å²) < 4.78 is 87.4. The van der Waals surface area contributed by atoms with Gasteiger partial charge in [0.1, 0.15) is 5.82 Å². The Hall–Kier alpha value is -1.22. The van der Waals surface area contributed by atoms with Gasteiger partial charge in [0.05, 0.1) is 0 Å². The topological polar surface area (TPSA) is 43.4 Å². The zero-order chi connectivity index (χ0) is 14.0. The minimum absolute atomic E-state index is 0.638. The third-order valence-corrected chi connectivity index (χ3v) is 2.60. The number of rotatable bonds is 4. The van der Waals surface area contributed by atoms with E-state index in [1.807, 2.05) is 0 Å². The van der Waals surface area contributed by atoms with Crippen LogP contribution in [0.15, 0.2) is 24.3 Å². The van der Waals surface area contributed by atoms with Gasteiger partial charge in [-0.3, -0.25) is 4.18 Å². The average Bonchev–Trinajstić information content (AvgIpc) is 2.26. The van der Waals surface area contributed by atoms with E-state index < -0.39 is 39.8 Å². The summed E-state index contributed by atoms with van der Waals surface area (Å²) in [6.07, 6.45) is -7.93. The Morgan fingerprint density at radius 3 is 2.06 bits per heavy atom. The van der Waals surface area contributed by atoms with E-state index in [1.165, 1.54) is 0 Å². The molecule has 0 aromatic heterocycles. The van der Waals surface area contributed by atoms with Crippen LogP contribution < -0.4 is 0 Å². The molecule has 0 bridgehead atoms. The standard InChI is InChI=1S/C9H7F5O3S/c10-5-18(15,16)17-8(9(12,13)14)6-1-3-7(11)4-2-6/h1-4,8H,5H2. The molecule has 18 heavy (non-hydrogen) atoms. The molecule has 0 amide bonds. The SMILES string of the molecule is O=S(=O)(CF)OC(c1ccc(F)cc1)C(F)(F)F. The molecule has 0 saturated carbocycles. The summed E-state index contributed by atoms with van der Waals surface area (Å²) in [5.74, 6) is -0.798. The lowest BCUT2D eigenvalue weighted by Gasteiger charge is -2.19. The van der Waals surface area contributed by atoms with Gasteiger partial charge in [0.15, 0.2) is 6.10 Å². The molecular formula is C9H7F5O3S. The molecule has 3 nitrogen and oxygen atoms in total. The number of benzene rings is 1. The predicted molar refractivity (Wildman–Crippen MR) is 51.2 cm³/mol. The molecule has 1 unspecified atom stereocenters. The van der Waals surface area contributed by atoms with E-state index in [1.54, 1.807) is 0 Å². The van der Waals surface area contributed by atoms with Crippen molar-refractivity contribution in [3.63, 3.8) is 0 Å². The Kier molecular flexibility index (Phi) is 4.28. The highest BCUT2D eigenvalue weighted by Gasteiger charge is 2.44. The van der Waals surface area contributed by atoms with E-state index in [4.69, 9.17) is 0 Å². The lowest BCUT2D eigenvalue weighted by atomic mass is 10.1. The molecule has 0 N–H and O–H groups in total. The van der Waals surface area contributed by atoms with Crippen molar-refractivity contribution in [2.75, 3.05) is 6.01 Å². The number of hydrogen-bond acceptors (Lipinski definition) is 3. The van der Waals surface area contributed by atoms with Crippen molar-refractivity contribution in [3.05, 3.63) is 35.6 Å². The fraction of sp³-hybridized carbons (Fsp3) is 0.333. The number of halogens is 5. The van der Waals surface area contributed by atoms with E-state index in [0.29, 0.717) is 24.3 Å². The van der Waals surface area contributed by atoms with Gasteiger partial charge in [-0.15, -0.1) is 0 Å². The lowest BCUT2D eigenvalue weighted by Crippen LogP contribution is -2.26. The molecule has 0 fully saturated rings. The normalized spacial score (nSPS) is 14.5. The molecule has 1 aromatic rings. The maximum absolute atomic E-state index is 12.6. The summed E-state index contributed by atoms with van der Waals surface area (Å²) in [7, 11) is -4.94. The molecule has 0 saturated heterocycles. The van der Waals surface area contributed by atoms with Crippen LogP contribution in [0.25, 0.3) is 0 Å². The Bertz CT molecular complexity index is 494. The van der Waals surface area contributed by atoms with Crippen molar-refractivity contribution in [1.82, 2.24) is 0 Å². The quantitative estimate of drug-likeness (QED) is 0.632. The minimum atomic E-state index is -5.07. The molecule has 9 heteroatoms. The van der Waals surface area contributed by atoms with E-state index in [-0.39, 0.29) is 0 Å². The first kappa shape index (κ1) is 14.8. The smallest absolute Gasteiger partial charge is 0.250 e. The van der Waals surface area contributed by atoms with Gasteiger partial charge in [0.2, 0.25) is 6.01 Å². The largest absolute Gasteiger partial charge is 0.420 e. The highest BCUT2D eigenvalue weighted by molar-refractivity contribution is 7.86. The summed E-state index contributed by atoms with van der Waals surface area (Å²) >= 11 is 0. The van der Waals surface area contributed by atoms with Gasteiger partial charge in [-0.1, -0.05) is 12.1 Å². The molecule has 1 aromatic carbocycles. The second kappa shape index (κ2) is 5.19.